The Hall–Kier alpha value is -2.35. The number of rotatable bonds is 3. The third kappa shape index (κ3) is 4.24. The van der Waals surface area contributed by atoms with Gasteiger partial charge in [0.1, 0.15) is 6.07 Å². The molecule has 1 saturated carbocycles. The number of piperidine rings is 1. The standard InChI is InChI=1S/C21H27N3O2/c1-15-10-12-24(13-11-15)21(26)17-8-6-16(7-9-17)20(25)23-19-5-3-2-4-18(19)14-22/h2-5,15-17H,6-13H2,1H3,(H,23,25). The lowest BCUT2D eigenvalue weighted by Crippen LogP contribution is -2.42. The van der Waals surface area contributed by atoms with Crippen molar-refractivity contribution >= 4 is 17.5 Å². The Morgan fingerprint density at radius 3 is 2.31 bits per heavy atom. The molecule has 0 unspecified atom stereocenters. The Morgan fingerprint density at radius 2 is 1.65 bits per heavy atom. The molecule has 5 heteroatoms. The van der Waals surface area contributed by atoms with Crippen LogP contribution in [0.5, 0.6) is 0 Å². The Bertz CT molecular complexity index is 693. The van der Waals surface area contributed by atoms with Crippen molar-refractivity contribution in [3.63, 3.8) is 0 Å². The Kier molecular flexibility index (Phi) is 5.92. The molecule has 5 nitrogen and oxygen atoms in total. The molecule has 2 amide bonds. The minimum absolute atomic E-state index is 0.0367. The van der Waals surface area contributed by atoms with Gasteiger partial charge < -0.3 is 10.2 Å². The fourth-order valence-electron chi connectivity index (χ4n) is 4.01. The zero-order chi connectivity index (χ0) is 18.5. The second kappa shape index (κ2) is 8.35. The van der Waals surface area contributed by atoms with Crippen LogP contribution in [-0.2, 0) is 9.59 Å². The van der Waals surface area contributed by atoms with E-state index in [1.165, 1.54) is 0 Å². The van der Waals surface area contributed by atoms with Crippen molar-refractivity contribution in [1.82, 2.24) is 4.90 Å². The average molecular weight is 353 g/mol. The number of nitrogens with zero attached hydrogens (tertiary/aromatic N) is 2. The zero-order valence-corrected chi connectivity index (χ0v) is 15.4. The number of nitrogens with one attached hydrogen (secondary N) is 1. The maximum atomic E-state index is 12.7. The van der Waals surface area contributed by atoms with E-state index >= 15 is 0 Å². The first kappa shape index (κ1) is 18.4. The number of nitriles is 1. The van der Waals surface area contributed by atoms with E-state index < -0.39 is 0 Å². The summed E-state index contributed by atoms with van der Waals surface area (Å²) in [6, 6.07) is 9.15. The highest BCUT2D eigenvalue weighted by Crippen LogP contribution is 2.32. The first-order valence-corrected chi connectivity index (χ1v) is 9.67. The molecule has 138 valence electrons. The van der Waals surface area contributed by atoms with E-state index in [9.17, 15) is 9.59 Å². The molecule has 1 aliphatic heterocycles. The maximum absolute atomic E-state index is 12.7. The lowest BCUT2D eigenvalue weighted by atomic mass is 9.80. The number of para-hydroxylation sites is 1. The number of anilines is 1. The van der Waals surface area contributed by atoms with E-state index in [1.807, 2.05) is 11.0 Å². The van der Waals surface area contributed by atoms with Crippen molar-refractivity contribution in [2.75, 3.05) is 18.4 Å². The molecule has 0 spiro atoms. The Labute approximate surface area is 155 Å². The van der Waals surface area contributed by atoms with E-state index in [0.717, 1.165) is 57.5 Å². The number of amides is 2. The van der Waals surface area contributed by atoms with Gasteiger partial charge in [0.05, 0.1) is 11.3 Å². The van der Waals surface area contributed by atoms with Gasteiger partial charge in [-0.3, -0.25) is 9.59 Å². The number of benzene rings is 1. The van der Waals surface area contributed by atoms with Gasteiger partial charge in [0.2, 0.25) is 11.8 Å². The summed E-state index contributed by atoms with van der Waals surface area (Å²) in [7, 11) is 0. The van der Waals surface area contributed by atoms with Crippen molar-refractivity contribution in [2.45, 2.75) is 45.4 Å². The van der Waals surface area contributed by atoms with Crippen LogP contribution in [-0.4, -0.2) is 29.8 Å². The molecule has 1 aromatic carbocycles. The number of carbonyl (C=O) groups is 2. The Morgan fingerprint density at radius 1 is 1.04 bits per heavy atom. The lowest BCUT2D eigenvalue weighted by molar-refractivity contribution is -0.139. The largest absolute Gasteiger partial charge is 0.342 e. The molecule has 26 heavy (non-hydrogen) atoms. The normalized spacial score (nSPS) is 23.9. The third-order valence-corrected chi connectivity index (χ3v) is 5.85. The molecule has 2 aliphatic rings. The van der Waals surface area contributed by atoms with Gasteiger partial charge in [0, 0.05) is 24.9 Å². The molecule has 1 N–H and O–H groups in total. The van der Waals surface area contributed by atoms with Crippen LogP contribution in [0.4, 0.5) is 5.69 Å². The summed E-state index contributed by atoms with van der Waals surface area (Å²) in [5.74, 6) is 0.955. The Balaban J connectivity index is 1.51. The highest BCUT2D eigenvalue weighted by atomic mass is 16.2. The van der Waals surface area contributed by atoms with E-state index in [0.29, 0.717) is 11.3 Å². The predicted molar refractivity (Wildman–Crippen MR) is 100 cm³/mol. The first-order chi connectivity index (χ1) is 12.6. The van der Waals surface area contributed by atoms with Crippen molar-refractivity contribution in [1.29, 1.82) is 5.26 Å². The predicted octanol–water partition coefficient (Wildman–Crippen LogP) is 3.56. The van der Waals surface area contributed by atoms with Crippen molar-refractivity contribution in [2.24, 2.45) is 17.8 Å². The van der Waals surface area contributed by atoms with Gasteiger partial charge in [0.25, 0.3) is 0 Å². The molecular formula is C21H27N3O2. The highest BCUT2D eigenvalue weighted by molar-refractivity contribution is 5.94. The van der Waals surface area contributed by atoms with Crippen LogP contribution in [0.15, 0.2) is 24.3 Å². The minimum Gasteiger partial charge on any atom is -0.342 e. The monoisotopic (exact) mass is 353 g/mol. The van der Waals surface area contributed by atoms with E-state index in [4.69, 9.17) is 5.26 Å². The third-order valence-electron chi connectivity index (χ3n) is 5.85. The fourth-order valence-corrected chi connectivity index (χ4v) is 4.01. The summed E-state index contributed by atoms with van der Waals surface area (Å²) in [5, 5.41) is 12.0. The summed E-state index contributed by atoms with van der Waals surface area (Å²) in [5.41, 5.74) is 1.05. The van der Waals surface area contributed by atoms with Crippen LogP contribution in [0.3, 0.4) is 0 Å². The molecule has 0 radical (unpaired) electrons. The minimum atomic E-state index is -0.0767. The summed E-state index contributed by atoms with van der Waals surface area (Å²) >= 11 is 0. The molecule has 0 atom stereocenters. The molecule has 1 saturated heterocycles. The SMILES string of the molecule is CC1CCN(C(=O)C2CCC(C(=O)Nc3ccccc3C#N)CC2)CC1. The number of hydrogen-bond acceptors (Lipinski definition) is 3. The number of hydrogen-bond donors (Lipinski definition) is 1. The molecular weight excluding hydrogens is 326 g/mol. The smallest absolute Gasteiger partial charge is 0.227 e. The molecule has 1 aliphatic carbocycles. The second-order valence-electron chi connectivity index (χ2n) is 7.70. The molecule has 3 rings (SSSR count). The van der Waals surface area contributed by atoms with E-state index in [-0.39, 0.29) is 23.7 Å². The summed E-state index contributed by atoms with van der Waals surface area (Å²) in [4.78, 5) is 27.3. The van der Waals surface area contributed by atoms with Crippen LogP contribution in [0.2, 0.25) is 0 Å². The molecule has 0 bridgehead atoms. The molecule has 2 fully saturated rings. The first-order valence-electron chi connectivity index (χ1n) is 9.67. The number of carbonyl (C=O) groups excluding carboxylic acids is 2. The highest BCUT2D eigenvalue weighted by Gasteiger charge is 2.33. The summed E-state index contributed by atoms with van der Waals surface area (Å²) in [6.45, 7) is 4.01. The molecule has 1 aromatic rings. The van der Waals surface area contributed by atoms with Crippen LogP contribution in [0.25, 0.3) is 0 Å². The van der Waals surface area contributed by atoms with Crippen LogP contribution < -0.4 is 5.32 Å². The quantitative estimate of drug-likeness (QED) is 0.903. The van der Waals surface area contributed by atoms with Crippen molar-refractivity contribution in [3.05, 3.63) is 29.8 Å². The number of likely N-dealkylation sites (tertiary alicyclic amines) is 1. The molecule has 0 aromatic heterocycles. The van der Waals surface area contributed by atoms with Gasteiger partial charge in [-0.15, -0.1) is 0 Å². The van der Waals surface area contributed by atoms with Gasteiger partial charge >= 0.3 is 0 Å². The van der Waals surface area contributed by atoms with Crippen LogP contribution in [0, 0.1) is 29.1 Å². The summed E-state index contributed by atoms with van der Waals surface area (Å²) < 4.78 is 0. The van der Waals surface area contributed by atoms with E-state index in [1.54, 1.807) is 18.2 Å². The van der Waals surface area contributed by atoms with Gasteiger partial charge in [-0.25, -0.2) is 0 Å². The second-order valence-corrected chi connectivity index (χ2v) is 7.70. The lowest BCUT2D eigenvalue weighted by Gasteiger charge is -2.35. The zero-order valence-electron chi connectivity index (χ0n) is 15.4. The summed E-state index contributed by atoms with van der Waals surface area (Å²) in [6.07, 6.45) is 5.23. The fraction of sp³-hybridized carbons (Fsp3) is 0.571. The van der Waals surface area contributed by atoms with Crippen molar-refractivity contribution in [3.8, 4) is 6.07 Å². The van der Waals surface area contributed by atoms with E-state index in [2.05, 4.69) is 18.3 Å². The average Bonchev–Trinajstić information content (AvgIpc) is 2.68. The topological polar surface area (TPSA) is 73.2 Å². The van der Waals surface area contributed by atoms with Gasteiger partial charge in [-0.2, -0.15) is 5.26 Å². The van der Waals surface area contributed by atoms with Crippen LogP contribution in [0.1, 0.15) is 51.0 Å². The van der Waals surface area contributed by atoms with Gasteiger partial charge in [-0.1, -0.05) is 19.1 Å². The molecule has 1 heterocycles. The van der Waals surface area contributed by atoms with Crippen molar-refractivity contribution < 1.29 is 9.59 Å². The maximum Gasteiger partial charge on any atom is 0.227 e. The van der Waals surface area contributed by atoms with Gasteiger partial charge in [0.15, 0.2) is 0 Å². The van der Waals surface area contributed by atoms with Crippen LogP contribution >= 0.6 is 0 Å². The van der Waals surface area contributed by atoms with Gasteiger partial charge in [-0.05, 0) is 56.6 Å².